The highest BCUT2D eigenvalue weighted by molar-refractivity contribution is 6.03. The first-order valence-electron chi connectivity index (χ1n) is 4.82. The van der Waals surface area contributed by atoms with Crippen molar-refractivity contribution in [3.63, 3.8) is 0 Å². The van der Waals surface area contributed by atoms with Crippen LogP contribution in [0, 0.1) is 5.92 Å². The van der Waals surface area contributed by atoms with Crippen molar-refractivity contribution >= 4 is 11.6 Å². The van der Waals surface area contributed by atoms with Crippen LogP contribution in [0.25, 0.3) is 0 Å². The minimum absolute atomic E-state index is 0.0963. The highest BCUT2D eigenvalue weighted by Crippen LogP contribution is 2.21. The smallest absolute Gasteiger partial charge is 0.163 e. The number of ketones is 2. The number of hydrogen-bond acceptors (Lipinski definition) is 2. The molecule has 0 saturated heterocycles. The summed E-state index contributed by atoms with van der Waals surface area (Å²) in [5, 5.41) is 0. The molecule has 1 unspecified atom stereocenters. The van der Waals surface area contributed by atoms with Crippen LogP contribution in [0.3, 0.4) is 0 Å². The van der Waals surface area contributed by atoms with Crippen molar-refractivity contribution in [1.82, 2.24) is 0 Å². The lowest BCUT2D eigenvalue weighted by atomic mass is 10.0. The van der Waals surface area contributed by atoms with Crippen LogP contribution < -0.4 is 0 Å². The molecule has 0 radical (unpaired) electrons. The van der Waals surface area contributed by atoms with Crippen LogP contribution in [0.2, 0.25) is 0 Å². The maximum absolute atomic E-state index is 11.7. The van der Waals surface area contributed by atoms with Crippen molar-refractivity contribution < 1.29 is 9.59 Å². The molecule has 0 saturated carbocycles. The zero-order valence-corrected chi connectivity index (χ0v) is 8.12. The molecule has 2 nitrogen and oxygen atoms in total. The van der Waals surface area contributed by atoms with Crippen LogP contribution in [0.5, 0.6) is 0 Å². The lowest BCUT2D eigenvalue weighted by molar-refractivity contribution is -0.121. The maximum atomic E-state index is 11.7. The Morgan fingerprint density at radius 1 is 1.21 bits per heavy atom. The topological polar surface area (TPSA) is 34.1 Å². The van der Waals surface area contributed by atoms with E-state index < -0.39 is 0 Å². The average Bonchev–Trinajstić information content (AvgIpc) is 2.27. The number of hydrogen-bond donors (Lipinski definition) is 0. The van der Waals surface area contributed by atoms with Crippen molar-refractivity contribution in [2.24, 2.45) is 5.92 Å². The lowest BCUT2D eigenvalue weighted by Gasteiger charge is -2.02. The Morgan fingerprint density at radius 2 is 1.93 bits per heavy atom. The molecule has 2 rings (SSSR count). The second-order valence-electron chi connectivity index (χ2n) is 3.83. The minimum atomic E-state index is -0.130. The van der Waals surface area contributed by atoms with Gasteiger partial charge >= 0.3 is 0 Å². The zero-order valence-electron chi connectivity index (χ0n) is 8.12. The van der Waals surface area contributed by atoms with Crippen LogP contribution >= 0.6 is 0 Å². The van der Waals surface area contributed by atoms with Crippen LogP contribution in [0.4, 0.5) is 0 Å². The molecule has 0 spiro atoms. The molecule has 1 aromatic rings. The molecule has 0 aliphatic heterocycles. The van der Waals surface area contributed by atoms with Gasteiger partial charge in [-0.05, 0) is 5.56 Å². The molecule has 1 aliphatic rings. The van der Waals surface area contributed by atoms with E-state index in [9.17, 15) is 9.59 Å². The number of Topliss-reactive ketones (excluding diaryl/α,β-unsaturated/α-hetero) is 2. The van der Waals surface area contributed by atoms with Crippen molar-refractivity contribution in [2.45, 2.75) is 19.8 Å². The third-order valence-electron chi connectivity index (χ3n) is 2.72. The predicted molar refractivity (Wildman–Crippen MR) is 53.3 cm³/mol. The summed E-state index contributed by atoms with van der Waals surface area (Å²) in [6, 6.07) is 7.39. The molecular formula is C12H12O2. The molecule has 0 heterocycles. The molecule has 0 aromatic heterocycles. The maximum Gasteiger partial charge on any atom is 0.163 e. The van der Waals surface area contributed by atoms with Gasteiger partial charge in [-0.15, -0.1) is 0 Å². The fourth-order valence-electron chi connectivity index (χ4n) is 1.81. The third kappa shape index (κ3) is 1.48. The fraction of sp³-hybridized carbons (Fsp3) is 0.333. The fourth-order valence-corrected chi connectivity index (χ4v) is 1.81. The summed E-state index contributed by atoms with van der Waals surface area (Å²) in [6.45, 7) is 1.83. The van der Waals surface area contributed by atoms with Gasteiger partial charge < -0.3 is 0 Å². The third-order valence-corrected chi connectivity index (χ3v) is 2.72. The summed E-state index contributed by atoms with van der Waals surface area (Å²) in [5.41, 5.74) is 1.61. The standard InChI is InChI=1S/C12H12O2/c1-8-6-12(14)10-5-3-2-4-9(10)7-11(8)13/h2-5,8H,6-7H2,1H3. The molecule has 0 N–H and O–H groups in total. The molecule has 0 amide bonds. The van der Waals surface area contributed by atoms with Crippen LogP contribution in [-0.2, 0) is 11.2 Å². The van der Waals surface area contributed by atoms with Gasteiger partial charge in [-0.25, -0.2) is 0 Å². The van der Waals surface area contributed by atoms with Crippen LogP contribution in [0.15, 0.2) is 24.3 Å². The molecule has 1 aromatic carbocycles. The second kappa shape index (κ2) is 3.37. The Labute approximate surface area is 82.9 Å². The lowest BCUT2D eigenvalue weighted by Crippen LogP contribution is -2.12. The van der Waals surface area contributed by atoms with E-state index in [1.165, 1.54) is 0 Å². The largest absolute Gasteiger partial charge is 0.299 e. The monoisotopic (exact) mass is 188 g/mol. The quantitative estimate of drug-likeness (QED) is 0.584. The molecule has 0 bridgehead atoms. The van der Waals surface area contributed by atoms with Gasteiger partial charge in [0.25, 0.3) is 0 Å². The Kier molecular flexibility index (Phi) is 2.20. The molecular weight excluding hydrogens is 176 g/mol. The van der Waals surface area contributed by atoms with E-state index in [1.807, 2.05) is 31.2 Å². The first kappa shape index (κ1) is 9.13. The Balaban J connectivity index is 2.48. The van der Waals surface area contributed by atoms with Crippen molar-refractivity contribution in [2.75, 3.05) is 0 Å². The number of benzene rings is 1. The number of rotatable bonds is 0. The van der Waals surface area contributed by atoms with Crippen LogP contribution in [0.1, 0.15) is 29.3 Å². The summed E-state index contributed by atoms with van der Waals surface area (Å²) in [6.07, 6.45) is 0.763. The number of carbonyl (C=O) groups excluding carboxylic acids is 2. The van der Waals surface area contributed by atoms with Gasteiger partial charge in [0.2, 0.25) is 0 Å². The summed E-state index contributed by atoms with van der Waals surface area (Å²) in [4.78, 5) is 23.3. The molecule has 72 valence electrons. The summed E-state index contributed by atoms with van der Waals surface area (Å²) < 4.78 is 0. The van der Waals surface area contributed by atoms with Crippen molar-refractivity contribution in [1.29, 1.82) is 0 Å². The summed E-state index contributed by atoms with van der Waals surface area (Å²) in [7, 11) is 0. The molecule has 14 heavy (non-hydrogen) atoms. The van der Waals surface area contributed by atoms with E-state index in [1.54, 1.807) is 0 Å². The predicted octanol–water partition coefficient (Wildman–Crippen LogP) is 2.02. The number of carbonyl (C=O) groups is 2. The van der Waals surface area contributed by atoms with Gasteiger partial charge in [-0.3, -0.25) is 9.59 Å². The molecule has 0 fully saturated rings. The van der Waals surface area contributed by atoms with Gasteiger partial charge in [0.15, 0.2) is 5.78 Å². The SMILES string of the molecule is CC1CC(=O)c2ccccc2CC1=O. The Morgan fingerprint density at radius 3 is 2.71 bits per heavy atom. The van der Waals surface area contributed by atoms with Gasteiger partial charge in [0, 0.05) is 24.3 Å². The van der Waals surface area contributed by atoms with E-state index in [-0.39, 0.29) is 17.5 Å². The Hall–Kier alpha value is -1.44. The van der Waals surface area contributed by atoms with Gasteiger partial charge in [-0.2, -0.15) is 0 Å². The summed E-state index contributed by atoms with van der Waals surface area (Å²) >= 11 is 0. The van der Waals surface area contributed by atoms with E-state index in [4.69, 9.17) is 0 Å². The summed E-state index contributed by atoms with van der Waals surface area (Å²) in [5.74, 6) is 0.136. The van der Waals surface area contributed by atoms with Crippen LogP contribution in [-0.4, -0.2) is 11.6 Å². The molecule has 2 heteroatoms. The zero-order chi connectivity index (χ0) is 10.1. The van der Waals surface area contributed by atoms with Gasteiger partial charge in [-0.1, -0.05) is 31.2 Å². The van der Waals surface area contributed by atoms with Crippen molar-refractivity contribution in [3.05, 3.63) is 35.4 Å². The molecule has 1 aliphatic carbocycles. The van der Waals surface area contributed by atoms with E-state index in [0.29, 0.717) is 12.8 Å². The number of fused-ring (bicyclic) bond motifs is 1. The highest BCUT2D eigenvalue weighted by Gasteiger charge is 2.24. The Bertz CT molecular complexity index is 393. The van der Waals surface area contributed by atoms with E-state index >= 15 is 0 Å². The first-order valence-corrected chi connectivity index (χ1v) is 4.82. The second-order valence-corrected chi connectivity index (χ2v) is 3.83. The highest BCUT2D eigenvalue weighted by atomic mass is 16.1. The minimum Gasteiger partial charge on any atom is -0.299 e. The van der Waals surface area contributed by atoms with E-state index in [2.05, 4.69) is 0 Å². The normalized spacial score (nSPS) is 21.6. The average molecular weight is 188 g/mol. The van der Waals surface area contributed by atoms with Crippen molar-refractivity contribution in [3.8, 4) is 0 Å². The van der Waals surface area contributed by atoms with E-state index in [0.717, 1.165) is 11.1 Å². The molecule has 1 atom stereocenters. The van der Waals surface area contributed by atoms with Gasteiger partial charge in [0.1, 0.15) is 5.78 Å². The van der Waals surface area contributed by atoms with Gasteiger partial charge in [0.05, 0.1) is 0 Å². The first-order chi connectivity index (χ1) is 6.68.